The molecule has 2 rings (SSSR count). The number of anilines is 1. The highest BCUT2D eigenvalue weighted by atomic mass is 127. The van der Waals surface area contributed by atoms with Gasteiger partial charge in [0.15, 0.2) is 11.1 Å². The van der Waals surface area contributed by atoms with Gasteiger partial charge < -0.3 is 25.6 Å². The molecule has 0 unspecified atom stereocenters. The van der Waals surface area contributed by atoms with Gasteiger partial charge in [-0.15, -0.1) is 35.3 Å². The number of carbonyl (C=O) groups is 1. The molecule has 2 heterocycles. The summed E-state index contributed by atoms with van der Waals surface area (Å²) in [5, 5.41) is 6.05. The van der Waals surface area contributed by atoms with Gasteiger partial charge in [-0.25, -0.2) is 9.78 Å². The van der Waals surface area contributed by atoms with Crippen LogP contribution in [0.15, 0.2) is 16.6 Å². The fourth-order valence-corrected chi connectivity index (χ4v) is 3.74. The number of nitrogens with two attached hydrogens (primary N) is 1. The fraction of sp³-hybridized carbons (Fsp3) is 0.737. The SMILES string of the molecule is CCC(CC)(CN=C(N)N1CCN(c2nccs2)CC1)NC(=O)OC(C)(C)C.I. The van der Waals surface area contributed by atoms with Gasteiger partial charge in [0, 0.05) is 37.8 Å². The summed E-state index contributed by atoms with van der Waals surface area (Å²) in [5.74, 6) is 0.524. The molecular formula is C19H35IN6O2S. The molecule has 10 heteroatoms. The van der Waals surface area contributed by atoms with Gasteiger partial charge in [-0.05, 0) is 33.6 Å². The molecule has 1 fully saturated rings. The quantitative estimate of drug-likeness (QED) is 0.328. The Balaban J connectivity index is 0.00000420. The number of aliphatic imine (C=N–C) groups is 1. The Morgan fingerprint density at radius 3 is 2.38 bits per heavy atom. The lowest BCUT2D eigenvalue weighted by atomic mass is 9.93. The van der Waals surface area contributed by atoms with E-state index >= 15 is 0 Å². The standard InChI is InChI=1S/C19H34N6O2S.HI/c1-6-19(7-2,23-17(26)27-18(3,4)5)14-22-15(20)24-9-11-25(12-10-24)16-21-8-13-28-16;/h8,13H,6-7,9-12,14H2,1-5H3,(H2,20,22)(H,23,26);1H. The van der Waals surface area contributed by atoms with E-state index in [2.05, 4.69) is 25.1 Å². The van der Waals surface area contributed by atoms with E-state index in [-0.39, 0.29) is 24.0 Å². The number of alkyl carbamates (subject to hydrolysis) is 1. The van der Waals surface area contributed by atoms with Crippen molar-refractivity contribution in [2.75, 3.05) is 37.6 Å². The zero-order valence-electron chi connectivity index (χ0n) is 18.1. The van der Waals surface area contributed by atoms with Gasteiger partial charge in [-0.2, -0.15) is 0 Å². The molecule has 1 amide bonds. The van der Waals surface area contributed by atoms with Crippen molar-refractivity contribution in [3.05, 3.63) is 11.6 Å². The smallest absolute Gasteiger partial charge is 0.408 e. The normalized spacial score (nSPS) is 15.7. The largest absolute Gasteiger partial charge is 0.444 e. The van der Waals surface area contributed by atoms with Crippen molar-refractivity contribution in [2.45, 2.75) is 58.6 Å². The Morgan fingerprint density at radius 1 is 1.28 bits per heavy atom. The van der Waals surface area contributed by atoms with E-state index in [9.17, 15) is 4.79 Å². The lowest BCUT2D eigenvalue weighted by Crippen LogP contribution is -2.53. The number of amides is 1. The highest BCUT2D eigenvalue weighted by molar-refractivity contribution is 14.0. The minimum Gasteiger partial charge on any atom is -0.444 e. The average molecular weight is 539 g/mol. The molecule has 0 bridgehead atoms. The van der Waals surface area contributed by atoms with Crippen LogP contribution in [0.25, 0.3) is 0 Å². The van der Waals surface area contributed by atoms with Crippen LogP contribution in [0.5, 0.6) is 0 Å². The molecule has 0 atom stereocenters. The number of carbonyl (C=O) groups excluding carboxylic acids is 1. The third-order valence-corrected chi connectivity index (χ3v) is 5.79. The van der Waals surface area contributed by atoms with Crippen molar-refractivity contribution in [1.29, 1.82) is 0 Å². The molecule has 1 aliphatic rings. The molecule has 1 aromatic heterocycles. The summed E-state index contributed by atoms with van der Waals surface area (Å²) in [7, 11) is 0. The number of nitrogens with one attached hydrogen (secondary N) is 1. The number of piperazine rings is 1. The summed E-state index contributed by atoms with van der Waals surface area (Å²) in [6.45, 7) is 13.4. The summed E-state index contributed by atoms with van der Waals surface area (Å²) in [4.78, 5) is 25.6. The molecule has 1 aromatic rings. The van der Waals surface area contributed by atoms with E-state index in [4.69, 9.17) is 10.5 Å². The van der Waals surface area contributed by atoms with Crippen LogP contribution in [0.1, 0.15) is 47.5 Å². The van der Waals surface area contributed by atoms with Crippen LogP contribution >= 0.6 is 35.3 Å². The van der Waals surface area contributed by atoms with Crippen LogP contribution in [0.2, 0.25) is 0 Å². The maximum atomic E-state index is 12.3. The van der Waals surface area contributed by atoms with Gasteiger partial charge in [0.1, 0.15) is 5.60 Å². The van der Waals surface area contributed by atoms with Crippen molar-refractivity contribution in [3.8, 4) is 0 Å². The highest BCUT2D eigenvalue weighted by Crippen LogP contribution is 2.20. The lowest BCUT2D eigenvalue weighted by molar-refractivity contribution is 0.0451. The summed E-state index contributed by atoms with van der Waals surface area (Å²) < 4.78 is 5.42. The molecule has 0 aliphatic carbocycles. The molecule has 166 valence electrons. The van der Waals surface area contributed by atoms with Crippen LogP contribution in [-0.2, 0) is 4.74 Å². The number of ether oxygens (including phenoxy) is 1. The molecule has 1 aliphatic heterocycles. The summed E-state index contributed by atoms with van der Waals surface area (Å²) in [6, 6.07) is 0. The van der Waals surface area contributed by atoms with Gasteiger partial charge in [-0.1, -0.05) is 13.8 Å². The molecule has 0 saturated carbocycles. The Hall–Kier alpha value is -1.30. The summed E-state index contributed by atoms with van der Waals surface area (Å²) in [5.41, 5.74) is 5.27. The number of nitrogens with zero attached hydrogens (tertiary/aromatic N) is 4. The summed E-state index contributed by atoms with van der Waals surface area (Å²) >= 11 is 1.65. The van der Waals surface area contributed by atoms with Crippen molar-refractivity contribution < 1.29 is 9.53 Å². The van der Waals surface area contributed by atoms with Crippen LogP contribution in [-0.4, -0.2) is 65.8 Å². The van der Waals surface area contributed by atoms with E-state index in [0.717, 1.165) is 44.2 Å². The summed E-state index contributed by atoms with van der Waals surface area (Å²) in [6.07, 6.45) is 2.91. The molecule has 8 nitrogen and oxygen atoms in total. The van der Waals surface area contributed by atoms with E-state index in [1.54, 1.807) is 11.3 Å². The number of aromatic nitrogens is 1. The first-order valence-corrected chi connectivity index (χ1v) is 10.8. The third kappa shape index (κ3) is 7.80. The predicted octanol–water partition coefficient (Wildman–Crippen LogP) is 3.28. The predicted molar refractivity (Wildman–Crippen MR) is 130 cm³/mol. The topological polar surface area (TPSA) is 96.1 Å². The molecule has 29 heavy (non-hydrogen) atoms. The van der Waals surface area contributed by atoms with Gasteiger partial charge in [0.25, 0.3) is 0 Å². The Bertz CT molecular complexity index is 650. The van der Waals surface area contributed by atoms with E-state index in [1.165, 1.54) is 0 Å². The van der Waals surface area contributed by atoms with Crippen molar-refractivity contribution >= 4 is 52.5 Å². The van der Waals surface area contributed by atoms with Crippen molar-refractivity contribution in [2.24, 2.45) is 10.7 Å². The van der Waals surface area contributed by atoms with Crippen LogP contribution in [0.4, 0.5) is 9.93 Å². The van der Waals surface area contributed by atoms with E-state index < -0.39 is 17.2 Å². The van der Waals surface area contributed by atoms with Crippen molar-refractivity contribution in [3.63, 3.8) is 0 Å². The monoisotopic (exact) mass is 538 g/mol. The second kappa shape index (κ2) is 11.2. The number of thiazole rings is 1. The number of guanidine groups is 1. The van der Waals surface area contributed by atoms with Crippen LogP contribution in [0.3, 0.4) is 0 Å². The molecular weight excluding hydrogens is 503 g/mol. The van der Waals surface area contributed by atoms with Crippen molar-refractivity contribution in [1.82, 2.24) is 15.2 Å². The Labute approximate surface area is 195 Å². The first-order chi connectivity index (χ1) is 13.2. The van der Waals surface area contributed by atoms with Crippen LogP contribution in [0, 0.1) is 0 Å². The second-order valence-corrected chi connectivity index (χ2v) is 8.95. The van der Waals surface area contributed by atoms with Gasteiger partial charge in [-0.3, -0.25) is 4.99 Å². The van der Waals surface area contributed by atoms with E-state index in [0.29, 0.717) is 12.5 Å². The maximum absolute atomic E-state index is 12.3. The molecule has 0 spiro atoms. The fourth-order valence-electron chi connectivity index (χ4n) is 3.04. The minimum absolute atomic E-state index is 0. The lowest BCUT2D eigenvalue weighted by Gasteiger charge is -2.36. The maximum Gasteiger partial charge on any atom is 0.408 e. The molecule has 1 saturated heterocycles. The molecule has 0 aromatic carbocycles. The van der Waals surface area contributed by atoms with E-state index in [1.807, 2.05) is 46.2 Å². The average Bonchev–Trinajstić information content (AvgIpc) is 3.18. The highest BCUT2D eigenvalue weighted by Gasteiger charge is 2.31. The Kier molecular flexibility index (Phi) is 9.93. The number of rotatable bonds is 6. The number of halogens is 1. The number of hydrogen-bond acceptors (Lipinski definition) is 6. The van der Waals surface area contributed by atoms with Gasteiger partial charge in [0.2, 0.25) is 0 Å². The Morgan fingerprint density at radius 2 is 1.90 bits per heavy atom. The molecule has 3 N–H and O–H groups in total. The third-order valence-electron chi connectivity index (χ3n) is 4.96. The minimum atomic E-state index is -0.531. The number of hydrogen-bond donors (Lipinski definition) is 2. The molecule has 0 radical (unpaired) electrons. The zero-order valence-corrected chi connectivity index (χ0v) is 21.3. The van der Waals surface area contributed by atoms with Gasteiger partial charge in [0.05, 0.1) is 12.1 Å². The first-order valence-electron chi connectivity index (χ1n) is 9.88. The van der Waals surface area contributed by atoms with Gasteiger partial charge >= 0.3 is 6.09 Å². The first kappa shape index (κ1) is 25.7. The second-order valence-electron chi connectivity index (χ2n) is 8.08. The van der Waals surface area contributed by atoms with Crippen LogP contribution < -0.4 is 16.0 Å². The zero-order chi connectivity index (χ0) is 20.8.